The summed E-state index contributed by atoms with van der Waals surface area (Å²) >= 11 is 0. The fraction of sp³-hybridized carbons (Fsp3) is 0.728. The number of nitrogens with one attached hydrogen (secondary N) is 1. The van der Waals surface area contributed by atoms with Gasteiger partial charge in [-0.15, -0.1) is 0 Å². The molecule has 0 aromatic carbocycles. The highest BCUT2D eigenvalue weighted by atomic mass is 31.2. The Balaban J connectivity index is 5.07. The van der Waals surface area contributed by atoms with Gasteiger partial charge < -0.3 is 28.5 Å². The number of amides is 1. The number of quaternary nitrogens is 1. The van der Waals surface area contributed by atoms with E-state index in [0.29, 0.717) is 17.4 Å². The second-order valence-electron chi connectivity index (χ2n) is 26.4. The molecule has 10 heteroatoms. The first kappa shape index (κ1) is 87.4. The molecule has 0 saturated carbocycles. The van der Waals surface area contributed by atoms with E-state index >= 15 is 0 Å². The summed E-state index contributed by atoms with van der Waals surface area (Å²) in [7, 11) is 1.17. The van der Waals surface area contributed by atoms with Gasteiger partial charge in [0.15, 0.2) is 0 Å². The second-order valence-corrected chi connectivity index (χ2v) is 27.8. The SMILES string of the molecule is CC/C=C\C/C=C\C/C=C\C/C=C\C/C=C\C/C=C\CCCCCCCCCCC(=O)NC(COP(=O)([O-])OCC[N+](C)(C)C)C(/C=C/CCCCCCCCCCCCC)OC(=O)CCCCCCCCCCCCCC/C=C\C/C=C\C/C=C\CCCCC. The maximum atomic E-state index is 13.6. The molecule has 1 N–H and O–H groups in total. The molecule has 0 aliphatic rings. The van der Waals surface area contributed by atoms with E-state index in [-0.39, 0.29) is 24.9 Å². The summed E-state index contributed by atoms with van der Waals surface area (Å²) in [5.74, 6) is -0.550. The lowest BCUT2D eigenvalue weighted by atomic mass is 10.0. The summed E-state index contributed by atoms with van der Waals surface area (Å²) in [5, 5.41) is 3.04. The minimum atomic E-state index is -4.72. The molecule has 0 aliphatic carbocycles. The Hall–Kier alpha value is -3.59. The van der Waals surface area contributed by atoms with Crippen LogP contribution in [0, 0.1) is 0 Å². The lowest BCUT2D eigenvalue weighted by Gasteiger charge is -2.30. The zero-order chi connectivity index (χ0) is 66.3. The third-order valence-electron chi connectivity index (χ3n) is 16.4. The Labute approximate surface area is 563 Å². The molecule has 0 aliphatic heterocycles. The van der Waals surface area contributed by atoms with Crippen molar-refractivity contribution in [2.75, 3.05) is 40.9 Å². The molecule has 0 aromatic heterocycles. The van der Waals surface area contributed by atoms with Crippen LogP contribution in [0.3, 0.4) is 0 Å². The van der Waals surface area contributed by atoms with E-state index < -0.39 is 26.6 Å². The molecule has 0 bridgehead atoms. The predicted molar refractivity (Wildman–Crippen MR) is 394 cm³/mol. The van der Waals surface area contributed by atoms with Gasteiger partial charge in [-0.1, -0.05) is 316 Å². The lowest BCUT2D eigenvalue weighted by Crippen LogP contribution is -2.47. The van der Waals surface area contributed by atoms with Crippen molar-refractivity contribution in [3.8, 4) is 0 Å². The normalized spacial score (nSPS) is 14.1. The number of nitrogens with zero attached hydrogens (tertiary/aromatic N) is 1. The van der Waals surface area contributed by atoms with Gasteiger partial charge in [0, 0.05) is 12.8 Å². The number of phosphoric ester groups is 1. The Morgan fingerprint density at radius 3 is 1.08 bits per heavy atom. The number of allylic oxidation sites excluding steroid dienone is 19. The van der Waals surface area contributed by atoms with E-state index in [1.54, 1.807) is 0 Å². The van der Waals surface area contributed by atoms with Gasteiger partial charge in [-0.3, -0.25) is 14.2 Å². The van der Waals surface area contributed by atoms with Gasteiger partial charge in [0.1, 0.15) is 19.3 Å². The fourth-order valence-corrected chi connectivity index (χ4v) is 11.3. The molecule has 91 heavy (non-hydrogen) atoms. The summed E-state index contributed by atoms with van der Waals surface area (Å²) in [6.07, 6.45) is 97.5. The summed E-state index contributed by atoms with van der Waals surface area (Å²) in [6.45, 7) is 6.72. The Morgan fingerprint density at radius 1 is 0.396 bits per heavy atom. The summed E-state index contributed by atoms with van der Waals surface area (Å²) in [6, 6.07) is -0.903. The van der Waals surface area contributed by atoms with Crippen LogP contribution >= 0.6 is 7.82 Å². The van der Waals surface area contributed by atoms with Crippen LogP contribution in [0.15, 0.2) is 122 Å². The molecule has 3 atom stereocenters. The lowest BCUT2D eigenvalue weighted by molar-refractivity contribution is -0.870. The first-order valence-corrected chi connectivity index (χ1v) is 39.3. The van der Waals surface area contributed by atoms with Crippen molar-refractivity contribution in [2.24, 2.45) is 0 Å². The number of carbonyl (C=O) groups is 2. The number of hydrogen-bond donors (Lipinski definition) is 1. The van der Waals surface area contributed by atoms with Crippen molar-refractivity contribution in [1.82, 2.24) is 5.32 Å². The number of esters is 1. The highest BCUT2D eigenvalue weighted by Gasteiger charge is 2.27. The van der Waals surface area contributed by atoms with Crippen LogP contribution in [0.5, 0.6) is 0 Å². The van der Waals surface area contributed by atoms with Crippen molar-refractivity contribution >= 4 is 19.7 Å². The van der Waals surface area contributed by atoms with E-state index in [9.17, 15) is 19.0 Å². The second kappa shape index (κ2) is 69.2. The molecular formula is C81H143N2O7P. The first-order chi connectivity index (χ1) is 44.4. The van der Waals surface area contributed by atoms with Crippen LogP contribution in [0.2, 0.25) is 0 Å². The molecule has 524 valence electrons. The third kappa shape index (κ3) is 70.6. The van der Waals surface area contributed by atoms with E-state index in [1.165, 1.54) is 173 Å². The number of ether oxygens (including phenoxy) is 1. The molecule has 0 heterocycles. The Bertz CT molecular complexity index is 1970. The van der Waals surface area contributed by atoms with Crippen molar-refractivity contribution < 1.29 is 37.3 Å². The van der Waals surface area contributed by atoms with Gasteiger partial charge in [-0.2, -0.15) is 0 Å². The fourth-order valence-electron chi connectivity index (χ4n) is 10.6. The molecule has 1 amide bonds. The maximum Gasteiger partial charge on any atom is 0.306 e. The first-order valence-electron chi connectivity index (χ1n) is 37.8. The average Bonchev–Trinajstić information content (AvgIpc) is 3.45. The molecule has 3 unspecified atom stereocenters. The number of unbranched alkanes of at least 4 members (excludes halogenated alkanes) is 34. The Kier molecular flexibility index (Phi) is 66.5. The monoisotopic (exact) mass is 1290 g/mol. The summed E-state index contributed by atoms with van der Waals surface area (Å²) < 4.78 is 30.5. The van der Waals surface area contributed by atoms with Gasteiger partial charge in [-0.25, -0.2) is 0 Å². The van der Waals surface area contributed by atoms with E-state index in [1.807, 2.05) is 33.3 Å². The molecule has 9 nitrogen and oxygen atoms in total. The maximum absolute atomic E-state index is 13.6. The largest absolute Gasteiger partial charge is 0.756 e. The number of carbonyl (C=O) groups excluding carboxylic acids is 2. The minimum absolute atomic E-state index is 0.0294. The van der Waals surface area contributed by atoms with Gasteiger partial charge in [0.05, 0.1) is 33.8 Å². The summed E-state index contributed by atoms with van der Waals surface area (Å²) in [4.78, 5) is 40.3. The van der Waals surface area contributed by atoms with Crippen molar-refractivity contribution in [3.05, 3.63) is 122 Å². The molecule has 0 fully saturated rings. The molecule has 0 rings (SSSR count). The number of likely N-dealkylation sites (N-methyl/N-ethyl adjacent to an activating group) is 1. The van der Waals surface area contributed by atoms with Gasteiger partial charge in [0.2, 0.25) is 5.91 Å². The van der Waals surface area contributed by atoms with Gasteiger partial charge in [0.25, 0.3) is 7.82 Å². The van der Waals surface area contributed by atoms with Gasteiger partial charge >= 0.3 is 5.97 Å². The van der Waals surface area contributed by atoms with E-state index in [0.717, 1.165) is 122 Å². The smallest absolute Gasteiger partial charge is 0.306 e. The highest BCUT2D eigenvalue weighted by Crippen LogP contribution is 2.38. The van der Waals surface area contributed by atoms with E-state index in [2.05, 4.69) is 135 Å². The molecule has 0 aromatic rings. The standard InChI is InChI=1S/C81H143N2O7P/c1-7-10-13-16-19-22-25-28-30-32-34-36-38-40-41-43-44-46-48-50-52-55-58-61-64-67-70-73-80(84)82-78(77-89-91(86,87)88-76-75-83(4,5)6)79(72-69-66-63-60-57-54-27-24-21-18-15-12-9-3)90-81(85)74-71-68-65-62-59-56-53-51-49-47-45-42-39-37-35-33-31-29-26-23-20-17-14-11-8-2/h10,13,19-20,22-23,28-31,34-37,40-41,44,46,69,72,78-79H,7-9,11-12,14-18,21,24-27,32-33,38-39,42-43,45,47-68,70-71,73-77H2,1-6H3,(H-,82,84,86,87)/b13-10-,22-19-,23-20-,30-28-,31-29-,36-34-,37-35-,41-40-,46-44-,72-69+. The van der Waals surface area contributed by atoms with Gasteiger partial charge in [-0.05, 0) is 122 Å². The van der Waals surface area contributed by atoms with Crippen LogP contribution in [0.1, 0.15) is 329 Å². The number of phosphoric acid groups is 1. The topological polar surface area (TPSA) is 114 Å². The third-order valence-corrected chi connectivity index (χ3v) is 17.3. The average molecular weight is 1290 g/mol. The van der Waals surface area contributed by atoms with Crippen molar-refractivity contribution in [3.63, 3.8) is 0 Å². The quantitative estimate of drug-likeness (QED) is 0.0212. The number of rotatable bonds is 68. The number of hydrogen-bond acceptors (Lipinski definition) is 7. The zero-order valence-electron chi connectivity index (χ0n) is 60.0. The highest BCUT2D eigenvalue weighted by molar-refractivity contribution is 7.45. The van der Waals surface area contributed by atoms with Crippen LogP contribution in [-0.4, -0.2) is 69.4 Å². The predicted octanol–water partition coefficient (Wildman–Crippen LogP) is 23.9. The van der Waals surface area contributed by atoms with Crippen molar-refractivity contribution in [1.29, 1.82) is 0 Å². The van der Waals surface area contributed by atoms with Crippen molar-refractivity contribution in [2.45, 2.75) is 341 Å². The van der Waals surface area contributed by atoms with Crippen LogP contribution in [-0.2, 0) is 27.9 Å². The van der Waals surface area contributed by atoms with E-state index in [4.69, 9.17) is 13.8 Å². The zero-order valence-corrected chi connectivity index (χ0v) is 60.9. The minimum Gasteiger partial charge on any atom is -0.756 e. The molecule has 0 radical (unpaired) electrons. The molecular weight excluding hydrogens is 1140 g/mol. The van der Waals surface area contributed by atoms with Crippen LogP contribution in [0.25, 0.3) is 0 Å². The summed E-state index contributed by atoms with van der Waals surface area (Å²) in [5.41, 5.74) is 0. The Morgan fingerprint density at radius 2 is 0.703 bits per heavy atom. The molecule has 0 spiro atoms. The van der Waals surface area contributed by atoms with Crippen LogP contribution < -0.4 is 10.2 Å². The molecule has 0 saturated heterocycles. The van der Waals surface area contributed by atoms with Crippen LogP contribution in [0.4, 0.5) is 0 Å².